The summed E-state index contributed by atoms with van der Waals surface area (Å²) in [5.41, 5.74) is 2.14. The van der Waals surface area contributed by atoms with Gasteiger partial charge in [0.2, 0.25) is 5.91 Å². The molecule has 2 amide bonds. The number of ether oxygens (including phenoxy) is 3. The third-order valence-corrected chi connectivity index (χ3v) is 9.27. The van der Waals surface area contributed by atoms with Gasteiger partial charge in [-0.15, -0.1) is 0 Å². The number of benzene rings is 3. The largest absolute Gasteiger partial charge is 0.493 e. The van der Waals surface area contributed by atoms with Crippen LogP contribution in [0.1, 0.15) is 62.1 Å². The molecule has 0 spiro atoms. The summed E-state index contributed by atoms with van der Waals surface area (Å²) >= 11 is 0. The molecule has 0 aromatic heterocycles. The molecule has 0 unspecified atom stereocenters. The van der Waals surface area contributed by atoms with Crippen molar-refractivity contribution in [1.82, 2.24) is 10.2 Å². The highest BCUT2D eigenvalue weighted by molar-refractivity contribution is 5.86. The van der Waals surface area contributed by atoms with Crippen LogP contribution in [0.2, 0.25) is 0 Å². The van der Waals surface area contributed by atoms with Crippen LogP contribution in [0.3, 0.4) is 0 Å². The number of methoxy groups -OCH3 is 1. The van der Waals surface area contributed by atoms with Gasteiger partial charge in [0.05, 0.1) is 19.3 Å². The first-order valence-corrected chi connectivity index (χ1v) is 15.6. The Labute approximate surface area is 260 Å². The second-order valence-corrected chi connectivity index (χ2v) is 12.3. The molecule has 1 saturated carbocycles. The van der Waals surface area contributed by atoms with Crippen molar-refractivity contribution in [3.8, 4) is 11.5 Å². The van der Waals surface area contributed by atoms with Crippen molar-refractivity contribution in [1.29, 1.82) is 0 Å². The van der Waals surface area contributed by atoms with Crippen molar-refractivity contribution in [2.75, 3.05) is 20.2 Å². The lowest BCUT2D eigenvalue weighted by Crippen LogP contribution is -2.50. The molecule has 0 bridgehead atoms. The van der Waals surface area contributed by atoms with Crippen molar-refractivity contribution in [2.45, 2.75) is 76.7 Å². The van der Waals surface area contributed by atoms with Crippen molar-refractivity contribution in [3.05, 3.63) is 95.6 Å². The Bertz CT molecular complexity index is 1390. The number of alkyl carbamates (subject to hydrolysis) is 1. The van der Waals surface area contributed by atoms with Gasteiger partial charge in [-0.3, -0.25) is 4.79 Å². The number of aliphatic hydroxyl groups is 1. The first-order chi connectivity index (χ1) is 21.3. The number of nitrogens with one attached hydrogen (secondary N) is 1. The van der Waals surface area contributed by atoms with Gasteiger partial charge in [0, 0.05) is 30.8 Å². The summed E-state index contributed by atoms with van der Waals surface area (Å²) in [5.74, 6) is 0.993. The lowest BCUT2D eigenvalue weighted by atomic mass is 9.72. The van der Waals surface area contributed by atoms with Gasteiger partial charge in [0.25, 0.3) is 0 Å². The molecule has 3 aromatic rings. The summed E-state index contributed by atoms with van der Waals surface area (Å²) in [6.45, 7) is 4.63. The molecule has 2 fully saturated rings. The van der Waals surface area contributed by atoms with Crippen LogP contribution in [0.4, 0.5) is 4.79 Å². The van der Waals surface area contributed by atoms with Crippen LogP contribution >= 0.6 is 0 Å². The van der Waals surface area contributed by atoms with Gasteiger partial charge in [0.15, 0.2) is 11.5 Å². The van der Waals surface area contributed by atoms with E-state index >= 15 is 0 Å². The highest BCUT2D eigenvalue weighted by atomic mass is 16.5. The number of carbonyl (C=O) groups excluding carboxylic acids is 2. The summed E-state index contributed by atoms with van der Waals surface area (Å²) in [4.78, 5) is 28.9. The zero-order valence-corrected chi connectivity index (χ0v) is 25.9. The van der Waals surface area contributed by atoms with E-state index in [0.29, 0.717) is 31.0 Å². The van der Waals surface area contributed by atoms with E-state index in [9.17, 15) is 14.7 Å². The summed E-state index contributed by atoms with van der Waals surface area (Å²) in [7, 11) is 1.64. The minimum absolute atomic E-state index is 0.105. The number of carbonyl (C=O) groups is 2. The number of rotatable bonds is 11. The molecular formula is C36H44N2O6. The van der Waals surface area contributed by atoms with E-state index in [2.05, 4.69) is 5.32 Å². The third-order valence-electron chi connectivity index (χ3n) is 9.27. The number of amides is 2. The second-order valence-electron chi connectivity index (χ2n) is 12.3. The van der Waals surface area contributed by atoms with Gasteiger partial charge < -0.3 is 29.5 Å². The Hall–Kier alpha value is -4.04. The van der Waals surface area contributed by atoms with Gasteiger partial charge in [-0.25, -0.2) is 4.79 Å². The van der Waals surface area contributed by atoms with Crippen LogP contribution in [-0.4, -0.2) is 60.5 Å². The number of hydrogen-bond donors (Lipinski definition) is 2. The van der Waals surface area contributed by atoms with E-state index in [0.717, 1.165) is 42.4 Å². The van der Waals surface area contributed by atoms with Crippen LogP contribution in [0.15, 0.2) is 78.9 Å². The van der Waals surface area contributed by atoms with E-state index in [-0.39, 0.29) is 24.5 Å². The van der Waals surface area contributed by atoms with Crippen molar-refractivity contribution >= 4 is 12.0 Å². The van der Waals surface area contributed by atoms with Crippen molar-refractivity contribution in [3.63, 3.8) is 0 Å². The molecule has 3 aromatic carbocycles. The van der Waals surface area contributed by atoms with Crippen molar-refractivity contribution in [2.24, 2.45) is 5.41 Å². The van der Waals surface area contributed by atoms with Gasteiger partial charge in [0.1, 0.15) is 12.6 Å². The van der Waals surface area contributed by atoms with E-state index < -0.39 is 23.7 Å². The minimum Gasteiger partial charge on any atom is -0.493 e. The fourth-order valence-electron chi connectivity index (χ4n) is 6.46. The average molecular weight is 601 g/mol. The minimum atomic E-state index is -0.838. The standard InChI is InChI=1S/C36H44N2O6/c1-25(39)36(2)24-38(22-30(36)28-18-19-32(42-3)33(21-28)44-29-16-10-11-17-29)34(40)31(20-26-12-6-4-7-13-26)37-35(41)43-23-27-14-8-5-9-15-27/h4-9,12-15,18-19,21,25,29-31,39H,10-11,16-17,20,22-24H2,1-3H3,(H,37,41)/t25-,30+,31-,36+/m1/s1. The molecule has 1 aliphatic heterocycles. The fourth-order valence-corrected chi connectivity index (χ4v) is 6.46. The van der Waals surface area contributed by atoms with Crippen molar-refractivity contribution < 1.29 is 28.9 Å². The average Bonchev–Trinajstić information content (AvgIpc) is 3.68. The van der Waals surface area contributed by atoms with Gasteiger partial charge in [-0.2, -0.15) is 0 Å². The Balaban J connectivity index is 1.36. The number of nitrogens with zero attached hydrogens (tertiary/aromatic N) is 1. The lowest BCUT2D eigenvalue weighted by Gasteiger charge is -2.34. The summed E-state index contributed by atoms with van der Waals surface area (Å²) in [6, 6.07) is 24.1. The fraction of sp³-hybridized carbons (Fsp3) is 0.444. The van der Waals surface area contributed by atoms with Gasteiger partial charge in [-0.1, -0.05) is 73.7 Å². The Morgan fingerprint density at radius 2 is 1.64 bits per heavy atom. The first kappa shape index (κ1) is 31.4. The molecule has 2 N–H and O–H groups in total. The predicted molar refractivity (Wildman–Crippen MR) is 169 cm³/mol. The molecule has 2 aliphatic rings. The monoisotopic (exact) mass is 600 g/mol. The molecule has 234 valence electrons. The molecule has 0 radical (unpaired) electrons. The zero-order chi connectivity index (χ0) is 31.1. The molecule has 4 atom stereocenters. The Kier molecular flexibility index (Phi) is 10.1. The summed E-state index contributed by atoms with van der Waals surface area (Å²) in [5, 5.41) is 13.9. The summed E-state index contributed by atoms with van der Waals surface area (Å²) < 4.78 is 17.5. The molecule has 1 aliphatic carbocycles. The molecule has 44 heavy (non-hydrogen) atoms. The quantitative estimate of drug-likeness (QED) is 0.286. The van der Waals surface area contributed by atoms with Crippen LogP contribution in [0.5, 0.6) is 11.5 Å². The maximum absolute atomic E-state index is 14.2. The SMILES string of the molecule is COc1ccc([C@@H]2CN(C(=O)[C@@H](Cc3ccccc3)NC(=O)OCc3ccccc3)C[C@@]2(C)[C@@H](C)O)cc1OC1CCCC1. The van der Waals surface area contributed by atoms with Crippen LogP contribution in [-0.2, 0) is 22.6 Å². The highest BCUT2D eigenvalue weighted by Gasteiger charge is 2.49. The number of likely N-dealkylation sites (tertiary alicyclic amines) is 1. The van der Waals surface area contributed by atoms with Gasteiger partial charge >= 0.3 is 6.09 Å². The Morgan fingerprint density at radius 1 is 0.977 bits per heavy atom. The second kappa shape index (κ2) is 14.2. The normalized spacial score (nSPS) is 21.5. The lowest BCUT2D eigenvalue weighted by molar-refractivity contribution is -0.133. The van der Waals surface area contributed by atoms with Crippen LogP contribution in [0, 0.1) is 5.41 Å². The molecular weight excluding hydrogens is 556 g/mol. The molecule has 8 nitrogen and oxygen atoms in total. The number of aliphatic hydroxyl groups excluding tert-OH is 1. The predicted octanol–water partition coefficient (Wildman–Crippen LogP) is 5.87. The summed E-state index contributed by atoms with van der Waals surface area (Å²) in [6.07, 6.45) is 3.49. The Morgan fingerprint density at radius 3 is 2.27 bits per heavy atom. The van der Waals surface area contributed by atoms with E-state index in [4.69, 9.17) is 14.2 Å². The number of hydrogen-bond acceptors (Lipinski definition) is 6. The van der Waals surface area contributed by atoms with Crippen LogP contribution in [0.25, 0.3) is 0 Å². The highest BCUT2D eigenvalue weighted by Crippen LogP contribution is 2.47. The van der Waals surface area contributed by atoms with E-state index in [1.165, 1.54) is 0 Å². The maximum atomic E-state index is 14.2. The molecule has 1 heterocycles. The maximum Gasteiger partial charge on any atom is 0.408 e. The topological polar surface area (TPSA) is 97.3 Å². The molecule has 1 saturated heterocycles. The smallest absolute Gasteiger partial charge is 0.408 e. The van der Waals surface area contributed by atoms with E-state index in [1.807, 2.05) is 85.8 Å². The molecule has 8 heteroatoms. The van der Waals surface area contributed by atoms with Crippen LogP contribution < -0.4 is 14.8 Å². The van der Waals surface area contributed by atoms with E-state index in [1.54, 1.807) is 18.9 Å². The zero-order valence-electron chi connectivity index (χ0n) is 25.9. The first-order valence-electron chi connectivity index (χ1n) is 15.6. The third kappa shape index (κ3) is 7.36. The van der Waals surface area contributed by atoms with Gasteiger partial charge in [-0.05, 0) is 61.4 Å². The molecule has 5 rings (SSSR count).